The van der Waals surface area contributed by atoms with Crippen molar-refractivity contribution in [2.45, 2.75) is 19.9 Å². The molecule has 0 bridgehead atoms. The average molecular weight is 280 g/mol. The molecule has 0 aromatic heterocycles. The fourth-order valence-corrected chi connectivity index (χ4v) is 2.03. The van der Waals surface area contributed by atoms with Gasteiger partial charge in [-0.1, -0.05) is 43.4 Å². The van der Waals surface area contributed by atoms with Crippen molar-refractivity contribution in [3.8, 4) is 0 Å². The first-order valence-electron chi connectivity index (χ1n) is 6.16. The van der Waals surface area contributed by atoms with Gasteiger partial charge in [-0.2, -0.15) is 0 Å². The lowest BCUT2D eigenvalue weighted by Gasteiger charge is -2.21. The van der Waals surface area contributed by atoms with Gasteiger partial charge in [-0.15, -0.1) is 0 Å². The van der Waals surface area contributed by atoms with E-state index >= 15 is 0 Å². The highest BCUT2D eigenvalue weighted by molar-refractivity contribution is 7.80. The van der Waals surface area contributed by atoms with Gasteiger partial charge < -0.3 is 15.7 Å². The Bertz CT molecular complexity index is 463. The minimum atomic E-state index is -0.813. The zero-order chi connectivity index (χ0) is 14.4. The maximum Gasteiger partial charge on any atom is 0.307 e. The Kier molecular flexibility index (Phi) is 5.92. The van der Waals surface area contributed by atoms with E-state index in [4.69, 9.17) is 23.1 Å². The molecule has 0 aliphatic heterocycles. The summed E-state index contributed by atoms with van der Waals surface area (Å²) in [6, 6.07) is 7.60. The number of thiocarbonyl (C=S) groups is 1. The summed E-state index contributed by atoms with van der Waals surface area (Å²) in [6.07, 6.45) is 0.0505. The van der Waals surface area contributed by atoms with Gasteiger partial charge >= 0.3 is 5.97 Å². The number of carboxylic acids is 1. The van der Waals surface area contributed by atoms with E-state index in [0.717, 1.165) is 17.7 Å². The summed E-state index contributed by atoms with van der Waals surface area (Å²) in [4.78, 5) is 13.4. The van der Waals surface area contributed by atoms with Crippen molar-refractivity contribution in [1.82, 2.24) is 4.90 Å². The van der Waals surface area contributed by atoms with Crippen molar-refractivity contribution in [2.24, 2.45) is 11.7 Å². The molecule has 1 rings (SSSR count). The van der Waals surface area contributed by atoms with Crippen LogP contribution in [0.1, 0.15) is 18.1 Å². The first-order valence-corrected chi connectivity index (χ1v) is 6.57. The summed E-state index contributed by atoms with van der Waals surface area (Å²) in [7, 11) is 1.98. The Morgan fingerprint density at radius 3 is 2.53 bits per heavy atom. The number of aliphatic carboxylic acids is 1. The van der Waals surface area contributed by atoms with Crippen LogP contribution in [-0.4, -0.2) is 34.6 Å². The molecule has 1 unspecified atom stereocenters. The minimum Gasteiger partial charge on any atom is -0.481 e. The SMILES string of the molecule is CC(CN(C)Cc1ccccc1CC(=O)O)C(N)=S. The van der Waals surface area contributed by atoms with Crippen LogP contribution in [0.15, 0.2) is 24.3 Å². The van der Waals surface area contributed by atoms with Crippen molar-refractivity contribution in [1.29, 1.82) is 0 Å². The van der Waals surface area contributed by atoms with Crippen LogP contribution in [0.5, 0.6) is 0 Å². The highest BCUT2D eigenvalue weighted by atomic mass is 32.1. The molecule has 5 heteroatoms. The first-order chi connectivity index (χ1) is 8.90. The number of hydrogen-bond donors (Lipinski definition) is 2. The van der Waals surface area contributed by atoms with Crippen LogP contribution >= 0.6 is 12.2 Å². The molecule has 104 valence electrons. The Hall–Kier alpha value is -1.46. The summed E-state index contributed by atoms with van der Waals surface area (Å²) in [5.41, 5.74) is 7.48. The zero-order valence-electron chi connectivity index (χ0n) is 11.3. The van der Waals surface area contributed by atoms with E-state index in [1.54, 1.807) is 0 Å². The van der Waals surface area contributed by atoms with Gasteiger partial charge in [0.1, 0.15) is 0 Å². The second kappa shape index (κ2) is 7.21. The topological polar surface area (TPSA) is 66.6 Å². The van der Waals surface area contributed by atoms with Crippen LogP contribution in [0.4, 0.5) is 0 Å². The molecule has 0 aliphatic rings. The van der Waals surface area contributed by atoms with Gasteiger partial charge in [0.2, 0.25) is 0 Å². The standard InChI is InChI=1S/C14H20N2O2S/c1-10(14(15)19)8-16(2)9-12-6-4-3-5-11(12)7-13(17)18/h3-6,10H,7-9H2,1-2H3,(H2,15,19)(H,17,18). The van der Waals surface area contributed by atoms with E-state index in [9.17, 15) is 4.79 Å². The summed E-state index contributed by atoms with van der Waals surface area (Å²) in [6.45, 7) is 3.44. The van der Waals surface area contributed by atoms with Gasteiger partial charge in [-0.3, -0.25) is 4.79 Å². The lowest BCUT2D eigenvalue weighted by Crippen LogP contribution is -2.31. The molecule has 0 saturated carbocycles. The molecular formula is C14H20N2O2S. The van der Waals surface area contributed by atoms with Crippen molar-refractivity contribution in [3.05, 3.63) is 35.4 Å². The van der Waals surface area contributed by atoms with Gasteiger partial charge in [0, 0.05) is 19.0 Å². The predicted octanol–water partition coefficient (Wildman–Crippen LogP) is 1.67. The quantitative estimate of drug-likeness (QED) is 0.744. The molecule has 0 saturated heterocycles. The number of hydrogen-bond acceptors (Lipinski definition) is 3. The molecule has 0 fully saturated rings. The maximum absolute atomic E-state index is 10.8. The molecule has 3 N–H and O–H groups in total. The van der Waals surface area contributed by atoms with Gasteiger partial charge in [0.25, 0.3) is 0 Å². The largest absolute Gasteiger partial charge is 0.481 e. The summed E-state index contributed by atoms with van der Waals surface area (Å²) in [5.74, 6) is -0.668. The van der Waals surface area contributed by atoms with Crippen LogP contribution in [0.25, 0.3) is 0 Å². The number of nitrogens with zero attached hydrogens (tertiary/aromatic N) is 1. The van der Waals surface area contributed by atoms with Crippen LogP contribution < -0.4 is 5.73 Å². The smallest absolute Gasteiger partial charge is 0.307 e. The number of nitrogens with two attached hydrogens (primary N) is 1. The van der Waals surface area contributed by atoms with E-state index in [-0.39, 0.29) is 12.3 Å². The number of benzene rings is 1. The monoisotopic (exact) mass is 280 g/mol. The van der Waals surface area contributed by atoms with E-state index in [1.165, 1.54) is 0 Å². The zero-order valence-corrected chi connectivity index (χ0v) is 12.1. The summed E-state index contributed by atoms with van der Waals surface area (Å²) >= 11 is 4.96. The summed E-state index contributed by atoms with van der Waals surface area (Å²) < 4.78 is 0. The van der Waals surface area contributed by atoms with Crippen molar-refractivity contribution >= 4 is 23.2 Å². The molecule has 4 nitrogen and oxygen atoms in total. The van der Waals surface area contributed by atoms with Gasteiger partial charge in [0.05, 0.1) is 11.4 Å². The van der Waals surface area contributed by atoms with Crippen molar-refractivity contribution in [2.75, 3.05) is 13.6 Å². The third kappa shape index (κ3) is 5.36. The molecule has 0 heterocycles. The second-order valence-corrected chi connectivity index (χ2v) is 5.31. The third-order valence-corrected chi connectivity index (χ3v) is 3.37. The third-order valence-electron chi connectivity index (χ3n) is 2.97. The maximum atomic E-state index is 10.8. The Morgan fingerprint density at radius 1 is 1.42 bits per heavy atom. The number of rotatable bonds is 7. The average Bonchev–Trinajstić information content (AvgIpc) is 2.30. The fourth-order valence-electron chi connectivity index (χ4n) is 1.96. The lowest BCUT2D eigenvalue weighted by molar-refractivity contribution is -0.136. The Morgan fingerprint density at radius 2 is 2.00 bits per heavy atom. The van der Waals surface area contributed by atoms with Crippen molar-refractivity contribution < 1.29 is 9.90 Å². The molecule has 1 aromatic carbocycles. The Balaban J connectivity index is 2.70. The molecule has 1 aromatic rings. The van der Waals surface area contributed by atoms with Crippen LogP contribution in [0.3, 0.4) is 0 Å². The van der Waals surface area contributed by atoms with E-state index in [2.05, 4.69) is 4.90 Å². The van der Waals surface area contributed by atoms with Crippen LogP contribution in [0.2, 0.25) is 0 Å². The minimum absolute atomic E-state index is 0.0505. The molecule has 19 heavy (non-hydrogen) atoms. The van der Waals surface area contributed by atoms with Crippen molar-refractivity contribution in [3.63, 3.8) is 0 Å². The first kappa shape index (κ1) is 15.6. The van der Waals surface area contributed by atoms with E-state index in [1.807, 2.05) is 38.2 Å². The number of carboxylic acid groups (broad SMARTS) is 1. The molecule has 0 radical (unpaired) electrons. The van der Waals surface area contributed by atoms with E-state index < -0.39 is 5.97 Å². The fraction of sp³-hybridized carbons (Fsp3) is 0.429. The predicted molar refractivity (Wildman–Crippen MR) is 80.1 cm³/mol. The molecule has 1 atom stereocenters. The molecular weight excluding hydrogens is 260 g/mol. The molecule has 0 spiro atoms. The highest BCUT2D eigenvalue weighted by Crippen LogP contribution is 2.13. The lowest BCUT2D eigenvalue weighted by atomic mass is 10.0. The van der Waals surface area contributed by atoms with Gasteiger partial charge in [-0.25, -0.2) is 0 Å². The highest BCUT2D eigenvalue weighted by Gasteiger charge is 2.12. The number of carbonyl (C=O) groups is 1. The Labute approximate surface area is 119 Å². The van der Waals surface area contributed by atoms with Crippen LogP contribution in [-0.2, 0) is 17.8 Å². The van der Waals surface area contributed by atoms with Crippen LogP contribution in [0, 0.1) is 5.92 Å². The summed E-state index contributed by atoms with van der Waals surface area (Å²) in [5, 5.41) is 8.90. The molecule has 0 aliphatic carbocycles. The van der Waals surface area contributed by atoms with Gasteiger partial charge in [-0.05, 0) is 18.2 Å². The van der Waals surface area contributed by atoms with Gasteiger partial charge in [0.15, 0.2) is 0 Å². The normalized spacial score (nSPS) is 12.4. The second-order valence-electron chi connectivity index (χ2n) is 4.84. The molecule has 0 amide bonds. The van der Waals surface area contributed by atoms with E-state index in [0.29, 0.717) is 11.5 Å².